The van der Waals surface area contributed by atoms with Gasteiger partial charge in [0.2, 0.25) is 0 Å². The largest absolute Gasteiger partial charge is 0.368 e. The van der Waals surface area contributed by atoms with Gasteiger partial charge >= 0.3 is 0 Å². The third kappa shape index (κ3) is 2.84. The Morgan fingerprint density at radius 2 is 2.09 bits per heavy atom. The molecule has 1 amide bonds. The van der Waals surface area contributed by atoms with E-state index in [0.717, 1.165) is 35.9 Å². The third-order valence-electron chi connectivity index (χ3n) is 4.68. The molecule has 1 aliphatic heterocycles. The molecule has 1 heterocycles. The standard InChI is InChI=1S/C17H21BrN2O2/c1-12-11-17(22,14-7-3-2-4-8-14)20(19-12)16(21)13-6-5-9-15(18)10-13/h5-6,9-10,14,22H,2-4,7-8,11H2,1H3/t17-/m0/s1. The van der Waals surface area contributed by atoms with Crippen LogP contribution in [0.15, 0.2) is 33.8 Å². The monoisotopic (exact) mass is 364 g/mol. The number of hydrogen-bond donors (Lipinski definition) is 1. The van der Waals surface area contributed by atoms with Crippen molar-refractivity contribution in [3.63, 3.8) is 0 Å². The van der Waals surface area contributed by atoms with Gasteiger partial charge < -0.3 is 5.11 Å². The summed E-state index contributed by atoms with van der Waals surface area (Å²) < 4.78 is 0.847. The highest BCUT2D eigenvalue weighted by atomic mass is 79.9. The molecule has 0 aromatic heterocycles. The van der Waals surface area contributed by atoms with E-state index in [4.69, 9.17) is 0 Å². The van der Waals surface area contributed by atoms with Crippen molar-refractivity contribution in [3.8, 4) is 0 Å². The van der Waals surface area contributed by atoms with Crippen LogP contribution in [-0.4, -0.2) is 27.5 Å². The van der Waals surface area contributed by atoms with Crippen molar-refractivity contribution < 1.29 is 9.90 Å². The normalized spacial score (nSPS) is 26.1. The lowest BCUT2D eigenvalue weighted by atomic mass is 9.79. The summed E-state index contributed by atoms with van der Waals surface area (Å²) in [7, 11) is 0. The van der Waals surface area contributed by atoms with Crippen molar-refractivity contribution in [1.29, 1.82) is 0 Å². The molecule has 0 spiro atoms. The summed E-state index contributed by atoms with van der Waals surface area (Å²) in [6.45, 7) is 1.88. The Bertz CT molecular complexity index is 610. The molecule has 0 radical (unpaired) electrons. The van der Waals surface area contributed by atoms with Gasteiger partial charge in [0.05, 0.1) is 0 Å². The van der Waals surface area contributed by atoms with Crippen molar-refractivity contribution >= 4 is 27.5 Å². The smallest absolute Gasteiger partial charge is 0.276 e. The zero-order chi connectivity index (χ0) is 15.7. The van der Waals surface area contributed by atoms with Gasteiger partial charge in [0, 0.05) is 28.1 Å². The lowest BCUT2D eigenvalue weighted by molar-refractivity contribution is -0.122. The van der Waals surface area contributed by atoms with Gasteiger partial charge in [-0.25, -0.2) is 0 Å². The molecule has 3 rings (SSSR count). The molecule has 1 saturated carbocycles. The van der Waals surface area contributed by atoms with E-state index in [1.54, 1.807) is 12.1 Å². The maximum atomic E-state index is 12.8. The van der Waals surface area contributed by atoms with E-state index in [9.17, 15) is 9.90 Å². The second-order valence-electron chi connectivity index (χ2n) is 6.35. The first kappa shape index (κ1) is 15.7. The summed E-state index contributed by atoms with van der Waals surface area (Å²) in [6, 6.07) is 7.23. The van der Waals surface area contributed by atoms with Crippen LogP contribution >= 0.6 is 15.9 Å². The Kier molecular flexibility index (Phi) is 4.37. The van der Waals surface area contributed by atoms with Gasteiger partial charge in [0.1, 0.15) is 0 Å². The molecule has 1 aromatic rings. The van der Waals surface area contributed by atoms with E-state index in [-0.39, 0.29) is 11.8 Å². The molecule has 0 saturated heterocycles. The van der Waals surface area contributed by atoms with Crippen LogP contribution in [0.3, 0.4) is 0 Å². The second kappa shape index (κ2) is 6.13. The average molecular weight is 365 g/mol. The van der Waals surface area contributed by atoms with Crippen molar-refractivity contribution in [1.82, 2.24) is 5.01 Å². The Labute approximate surface area is 139 Å². The van der Waals surface area contributed by atoms with Gasteiger partial charge in [-0.3, -0.25) is 4.79 Å². The Morgan fingerprint density at radius 3 is 2.77 bits per heavy atom. The van der Waals surface area contributed by atoms with Crippen LogP contribution in [-0.2, 0) is 0 Å². The average Bonchev–Trinajstić information content (AvgIpc) is 2.83. The van der Waals surface area contributed by atoms with Gasteiger partial charge in [-0.15, -0.1) is 0 Å². The molecule has 0 bridgehead atoms. The lowest BCUT2D eigenvalue weighted by Gasteiger charge is -2.40. The number of benzene rings is 1. The first-order chi connectivity index (χ1) is 10.5. The molecule has 0 unspecified atom stereocenters. The van der Waals surface area contributed by atoms with E-state index in [1.165, 1.54) is 11.4 Å². The number of aliphatic hydroxyl groups is 1. The molecule has 1 fully saturated rings. The van der Waals surface area contributed by atoms with Gasteiger partial charge in [0.15, 0.2) is 5.72 Å². The van der Waals surface area contributed by atoms with Gasteiger partial charge in [-0.2, -0.15) is 10.1 Å². The molecule has 1 aliphatic carbocycles. The van der Waals surface area contributed by atoms with Crippen LogP contribution in [0.5, 0.6) is 0 Å². The SMILES string of the molecule is CC1=NN(C(=O)c2cccc(Br)c2)[C@@](O)(C2CCCCC2)C1. The zero-order valence-electron chi connectivity index (χ0n) is 12.8. The fourth-order valence-electron chi connectivity index (χ4n) is 3.59. The van der Waals surface area contributed by atoms with Crippen LogP contribution in [0.25, 0.3) is 0 Å². The summed E-state index contributed by atoms with van der Waals surface area (Å²) in [5, 5.41) is 16.9. The summed E-state index contributed by atoms with van der Waals surface area (Å²) in [5.41, 5.74) is 0.197. The zero-order valence-corrected chi connectivity index (χ0v) is 14.3. The minimum atomic E-state index is -1.16. The van der Waals surface area contributed by atoms with Crippen LogP contribution < -0.4 is 0 Å². The van der Waals surface area contributed by atoms with Gasteiger partial charge in [0.25, 0.3) is 5.91 Å². The highest BCUT2D eigenvalue weighted by molar-refractivity contribution is 9.10. The van der Waals surface area contributed by atoms with E-state index < -0.39 is 5.72 Å². The topological polar surface area (TPSA) is 52.9 Å². The number of hydrazone groups is 1. The molecule has 22 heavy (non-hydrogen) atoms. The predicted octanol–water partition coefficient (Wildman–Crippen LogP) is 3.94. The number of amides is 1. The number of nitrogens with zero attached hydrogens (tertiary/aromatic N) is 2. The predicted molar refractivity (Wildman–Crippen MR) is 89.6 cm³/mol. The lowest BCUT2D eigenvalue weighted by Crippen LogP contribution is -2.52. The van der Waals surface area contributed by atoms with Crippen LogP contribution in [0.2, 0.25) is 0 Å². The molecule has 1 aromatic carbocycles. The number of carbonyl (C=O) groups is 1. The van der Waals surface area contributed by atoms with Crippen molar-refractivity contribution in [2.24, 2.45) is 11.0 Å². The van der Waals surface area contributed by atoms with E-state index in [1.807, 2.05) is 19.1 Å². The maximum absolute atomic E-state index is 12.8. The molecule has 4 nitrogen and oxygen atoms in total. The summed E-state index contributed by atoms with van der Waals surface area (Å²) in [6.07, 6.45) is 5.82. The second-order valence-corrected chi connectivity index (χ2v) is 7.27. The van der Waals surface area contributed by atoms with Crippen LogP contribution in [0, 0.1) is 5.92 Å². The van der Waals surface area contributed by atoms with E-state index in [2.05, 4.69) is 21.0 Å². The Balaban J connectivity index is 1.90. The maximum Gasteiger partial charge on any atom is 0.276 e. The van der Waals surface area contributed by atoms with Crippen molar-refractivity contribution in [2.75, 3.05) is 0 Å². The van der Waals surface area contributed by atoms with Crippen LogP contribution in [0.4, 0.5) is 0 Å². The molecule has 1 atom stereocenters. The molecule has 1 N–H and O–H groups in total. The summed E-state index contributed by atoms with van der Waals surface area (Å²) >= 11 is 3.39. The molecule has 118 valence electrons. The number of halogens is 1. The number of hydrogen-bond acceptors (Lipinski definition) is 3. The number of carbonyl (C=O) groups excluding carboxylic acids is 1. The van der Waals surface area contributed by atoms with Crippen molar-refractivity contribution in [2.45, 2.75) is 51.2 Å². The molecular weight excluding hydrogens is 344 g/mol. The van der Waals surface area contributed by atoms with E-state index in [0.29, 0.717) is 12.0 Å². The van der Waals surface area contributed by atoms with Crippen molar-refractivity contribution in [3.05, 3.63) is 34.3 Å². The first-order valence-corrected chi connectivity index (χ1v) is 8.66. The molecule has 5 heteroatoms. The third-order valence-corrected chi connectivity index (χ3v) is 5.17. The Morgan fingerprint density at radius 1 is 1.36 bits per heavy atom. The number of rotatable bonds is 2. The van der Waals surface area contributed by atoms with Gasteiger partial charge in [-0.1, -0.05) is 41.3 Å². The highest BCUT2D eigenvalue weighted by Crippen LogP contribution is 2.41. The summed E-state index contributed by atoms with van der Waals surface area (Å²) in [4.78, 5) is 12.8. The van der Waals surface area contributed by atoms with E-state index >= 15 is 0 Å². The molecule has 2 aliphatic rings. The van der Waals surface area contributed by atoms with Crippen LogP contribution in [0.1, 0.15) is 55.8 Å². The minimum Gasteiger partial charge on any atom is -0.368 e. The fraction of sp³-hybridized carbons (Fsp3) is 0.529. The molecular formula is C17H21BrN2O2. The van der Waals surface area contributed by atoms with Gasteiger partial charge in [-0.05, 0) is 38.0 Å². The highest BCUT2D eigenvalue weighted by Gasteiger charge is 2.49. The fourth-order valence-corrected chi connectivity index (χ4v) is 3.99. The first-order valence-electron chi connectivity index (χ1n) is 7.87. The summed E-state index contributed by atoms with van der Waals surface area (Å²) in [5.74, 6) is -0.121. The Hall–Kier alpha value is -1.20. The minimum absolute atomic E-state index is 0.110. The quantitative estimate of drug-likeness (QED) is 0.863.